The van der Waals surface area contributed by atoms with Crippen LogP contribution in [-0.2, 0) is 0 Å². The lowest BCUT2D eigenvalue weighted by molar-refractivity contribution is 0.131. The molecule has 4 heteroatoms. The Balaban J connectivity index is 2.03. The van der Waals surface area contributed by atoms with Crippen molar-refractivity contribution < 1.29 is 8.78 Å². The Labute approximate surface area is 120 Å². The monoisotopic (exact) mass is 282 g/mol. The van der Waals surface area contributed by atoms with Gasteiger partial charge in [-0.3, -0.25) is 4.90 Å². The van der Waals surface area contributed by atoms with E-state index < -0.39 is 11.6 Å². The summed E-state index contributed by atoms with van der Waals surface area (Å²) in [5.74, 6) is -0.785. The second-order valence-electron chi connectivity index (χ2n) is 5.69. The first-order valence-electron chi connectivity index (χ1n) is 7.54. The zero-order chi connectivity index (χ0) is 14.5. The van der Waals surface area contributed by atoms with Crippen molar-refractivity contribution in [3.8, 4) is 0 Å². The molecule has 0 amide bonds. The fourth-order valence-corrected chi connectivity index (χ4v) is 3.18. The van der Waals surface area contributed by atoms with Crippen LogP contribution in [0.4, 0.5) is 8.78 Å². The molecule has 1 atom stereocenters. The van der Waals surface area contributed by atoms with Crippen LogP contribution in [-0.4, -0.2) is 24.5 Å². The van der Waals surface area contributed by atoms with Gasteiger partial charge < -0.3 is 5.73 Å². The maximum atomic E-state index is 13.4. The van der Waals surface area contributed by atoms with E-state index >= 15 is 0 Å². The molecular weight excluding hydrogens is 258 g/mol. The Morgan fingerprint density at radius 1 is 1.25 bits per heavy atom. The van der Waals surface area contributed by atoms with Crippen molar-refractivity contribution >= 4 is 0 Å². The molecule has 1 aliphatic rings. The summed E-state index contributed by atoms with van der Waals surface area (Å²) < 4.78 is 26.4. The van der Waals surface area contributed by atoms with Gasteiger partial charge in [-0.2, -0.15) is 0 Å². The Kier molecular flexibility index (Phi) is 5.49. The summed E-state index contributed by atoms with van der Waals surface area (Å²) in [5.41, 5.74) is 6.64. The first-order chi connectivity index (χ1) is 9.65. The molecule has 1 heterocycles. The third-order valence-corrected chi connectivity index (χ3v) is 4.34. The van der Waals surface area contributed by atoms with E-state index in [9.17, 15) is 8.78 Å². The number of benzene rings is 1. The standard InChI is InChI=1S/C16H24F2N2/c1-2-3-12-6-8-20(9-7-12)16(11-19)13-4-5-14(17)15(18)10-13/h4-5,10,12,16H,2-3,6-9,11,19H2,1H3. The number of rotatable bonds is 5. The lowest BCUT2D eigenvalue weighted by Crippen LogP contribution is -2.39. The van der Waals surface area contributed by atoms with Crippen LogP contribution in [0.3, 0.4) is 0 Å². The minimum absolute atomic E-state index is 0.00678. The molecule has 0 aromatic heterocycles. The van der Waals surface area contributed by atoms with Crippen molar-refractivity contribution in [3.63, 3.8) is 0 Å². The average molecular weight is 282 g/mol. The molecule has 0 aliphatic carbocycles. The Morgan fingerprint density at radius 2 is 1.95 bits per heavy atom. The molecular formula is C16H24F2N2. The molecule has 1 unspecified atom stereocenters. The van der Waals surface area contributed by atoms with Gasteiger partial charge in [0.2, 0.25) is 0 Å². The summed E-state index contributed by atoms with van der Waals surface area (Å²) in [6.45, 7) is 4.64. The largest absolute Gasteiger partial charge is 0.329 e. The van der Waals surface area contributed by atoms with E-state index in [2.05, 4.69) is 11.8 Å². The third-order valence-electron chi connectivity index (χ3n) is 4.34. The van der Waals surface area contributed by atoms with Crippen molar-refractivity contribution in [2.75, 3.05) is 19.6 Å². The predicted octanol–water partition coefficient (Wildman–Crippen LogP) is 3.48. The molecule has 1 saturated heterocycles. The highest BCUT2D eigenvalue weighted by Crippen LogP contribution is 2.28. The van der Waals surface area contributed by atoms with Crippen molar-refractivity contribution in [3.05, 3.63) is 35.4 Å². The molecule has 0 radical (unpaired) electrons. The van der Waals surface area contributed by atoms with Crippen molar-refractivity contribution in [2.24, 2.45) is 11.7 Å². The molecule has 2 rings (SSSR count). The molecule has 2 N–H and O–H groups in total. The molecule has 0 bridgehead atoms. The van der Waals surface area contributed by atoms with E-state index in [1.807, 2.05) is 0 Å². The molecule has 1 aliphatic heterocycles. The summed E-state index contributed by atoms with van der Waals surface area (Å²) >= 11 is 0. The highest BCUT2D eigenvalue weighted by Gasteiger charge is 2.25. The zero-order valence-corrected chi connectivity index (χ0v) is 12.1. The summed E-state index contributed by atoms with van der Waals surface area (Å²) in [4.78, 5) is 2.30. The lowest BCUT2D eigenvalue weighted by atomic mass is 9.91. The highest BCUT2D eigenvalue weighted by molar-refractivity contribution is 5.22. The van der Waals surface area contributed by atoms with Crippen molar-refractivity contribution in [2.45, 2.75) is 38.6 Å². The topological polar surface area (TPSA) is 29.3 Å². The van der Waals surface area contributed by atoms with Gasteiger partial charge in [0.25, 0.3) is 0 Å². The molecule has 0 spiro atoms. The SMILES string of the molecule is CCCC1CCN(C(CN)c2ccc(F)c(F)c2)CC1. The molecule has 2 nitrogen and oxygen atoms in total. The van der Waals surface area contributed by atoms with E-state index in [1.165, 1.54) is 37.8 Å². The Bertz CT molecular complexity index is 428. The summed E-state index contributed by atoms with van der Waals surface area (Å²) in [6, 6.07) is 4.11. The molecule has 20 heavy (non-hydrogen) atoms. The first-order valence-corrected chi connectivity index (χ1v) is 7.54. The van der Waals surface area contributed by atoms with Crippen LogP contribution in [0.15, 0.2) is 18.2 Å². The number of halogens is 2. The van der Waals surface area contributed by atoms with Gasteiger partial charge >= 0.3 is 0 Å². The second kappa shape index (κ2) is 7.14. The van der Waals surface area contributed by atoms with E-state index in [0.29, 0.717) is 6.54 Å². The summed E-state index contributed by atoms with van der Waals surface area (Å²) in [5, 5.41) is 0. The van der Waals surface area contributed by atoms with E-state index in [0.717, 1.165) is 24.6 Å². The van der Waals surface area contributed by atoms with Crippen LogP contribution >= 0.6 is 0 Å². The number of nitrogens with zero attached hydrogens (tertiary/aromatic N) is 1. The van der Waals surface area contributed by atoms with Crippen LogP contribution in [0.25, 0.3) is 0 Å². The molecule has 1 aromatic rings. The first kappa shape index (κ1) is 15.4. The number of nitrogens with two attached hydrogens (primary N) is 1. The van der Waals surface area contributed by atoms with Gasteiger partial charge in [-0.05, 0) is 49.5 Å². The predicted molar refractivity (Wildman–Crippen MR) is 77.4 cm³/mol. The molecule has 1 aromatic carbocycles. The zero-order valence-electron chi connectivity index (χ0n) is 12.1. The van der Waals surface area contributed by atoms with Gasteiger partial charge in [-0.25, -0.2) is 8.78 Å². The molecule has 0 saturated carbocycles. The van der Waals surface area contributed by atoms with E-state index in [4.69, 9.17) is 5.73 Å². The van der Waals surface area contributed by atoms with Gasteiger partial charge in [-0.15, -0.1) is 0 Å². The third kappa shape index (κ3) is 3.55. The van der Waals surface area contributed by atoms with Crippen molar-refractivity contribution in [1.82, 2.24) is 4.90 Å². The lowest BCUT2D eigenvalue weighted by Gasteiger charge is -2.37. The van der Waals surface area contributed by atoms with Crippen LogP contribution in [0.5, 0.6) is 0 Å². The average Bonchev–Trinajstić information content (AvgIpc) is 2.46. The summed E-state index contributed by atoms with van der Waals surface area (Å²) in [6.07, 6.45) is 4.86. The minimum Gasteiger partial charge on any atom is -0.329 e. The normalized spacial score (nSPS) is 19.2. The fourth-order valence-electron chi connectivity index (χ4n) is 3.18. The van der Waals surface area contributed by atoms with Gasteiger partial charge in [0, 0.05) is 12.6 Å². The second-order valence-corrected chi connectivity index (χ2v) is 5.69. The van der Waals surface area contributed by atoms with E-state index in [-0.39, 0.29) is 6.04 Å². The number of piperidine rings is 1. The minimum atomic E-state index is -0.800. The molecule has 112 valence electrons. The Hall–Kier alpha value is -1.00. The van der Waals surface area contributed by atoms with Crippen LogP contribution in [0, 0.1) is 17.6 Å². The van der Waals surface area contributed by atoms with Gasteiger partial charge in [0.05, 0.1) is 0 Å². The van der Waals surface area contributed by atoms with Gasteiger partial charge in [0.15, 0.2) is 11.6 Å². The van der Waals surface area contributed by atoms with Gasteiger partial charge in [-0.1, -0.05) is 25.8 Å². The fraction of sp³-hybridized carbons (Fsp3) is 0.625. The van der Waals surface area contributed by atoms with Crippen molar-refractivity contribution in [1.29, 1.82) is 0 Å². The maximum Gasteiger partial charge on any atom is 0.159 e. The number of likely N-dealkylation sites (tertiary alicyclic amines) is 1. The Morgan fingerprint density at radius 3 is 2.50 bits per heavy atom. The van der Waals surface area contributed by atoms with Crippen LogP contribution in [0.2, 0.25) is 0 Å². The number of hydrogen-bond acceptors (Lipinski definition) is 2. The number of hydrogen-bond donors (Lipinski definition) is 1. The summed E-state index contributed by atoms with van der Waals surface area (Å²) in [7, 11) is 0. The maximum absolute atomic E-state index is 13.4. The quantitative estimate of drug-likeness (QED) is 0.896. The van der Waals surface area contributed by atoms with Gasteiger partial charge in [0.1, 0.15) is 0 Å². The molecule has 1 fully saturated rings. The van der Waals surface area contributed by atoms with Crippen LogP contribution < -0.4 is 5.73 Å². The van der Waals surface area contributed by atoms with Crippen LogP contribution in [0.1, 0.15) is 44.2 Å². The highest BCUT2D eigenvalue weighted by atomic mass is 19.2. The van der Waals surface area contributed by atoms with E-state index in [1.54, 1.807) is 6.07 Å². The smallest absolute Gasteiger partial charge is 0.159 e.